The highest BCUT2D eigenvalue weighted by Gasteiger charge is 2.29. The maximum atomic E-state index is 11.9. The molecule has 0 radical (unpaired) electrons. The molecule has 0 aliphatic carbocycles. The van der Waals surface area contributed by atoms with Crippen LogP contribution in [-0.2, 0) is 0 Å². The smallest absolute Gasteiger partial charge is 0.337 e. The van der Waals surface area contributed by atoms with Gasteiger partial charge in [0.05, 0.1) is 11.3 Å². The van der Waals surface area contributed by atoms with Gasteiger partial charge in [0, 0.05) is 15.8 Å². The summed E-state index contributed by atoms with van der Waals surface area (Å²) in [5, 5.41) is 14.6. The van der Waals surface area contributed by atoms with Crippen LogP contribution in [0.5, 0.6) is 0 Å². The Morgan fingerprint density at radius 1 is 1.48 bits per heavy atom. The minimum absolute atomic E-state index is 0.0565. The number of carbonyl (C=O) groups is 2. The summed E-state index contributed by atoms with van der Waals surface area (Å²) < 4.78 is 0.730. The number of amides is 2. The van der Waals surface area contributed by atoms with Crippen LogP contribution in [0.1, 0.15) is 30.1 Å². The second-order valence-electron chi connectivity index (χ2n) is 5.20. The van der Waals surface area contributed by atoms with Crippen LogP contribution in [0.15, 0.2) is 22.7 Å². The van der Waals surface area contributed by atoms with Crippen LogP contribution >= 0.6 is 27.7 Å². The second kappa shape index (κ2) is 6.70. The van der Waals surface area contributed by atoms with E-state index >= 15 is 0 Å². The third-order valence-corrected chi connectivity index (χ3v) is 5.42. The molecule has 3 N–H and O–H groups in total. The zero-order chi connectivity index (χ0) is 15.5. The minimum atomic E-state index is -1.08. The van der Waals surface area contributed by atoms with Gasteiger partial charge in [0.25, 0.3) is 0 Å². The Kier molecular flexibility index (Phi) is 5.16. The maximum absolute atomic E-state index is 11.9. The van der Waals surface area contributed by atoms with Crippen molar-refractivity contribution in [2.75, 3.05) is 17.6 Å². The Morgan fingerprint density at radius 2 is 2.24 bits per heavy atom. The predicted molar refractivity (Wildman–Crippen MR) is 88.2 cm³/mol. The van der Waals surface area contributed by atoms with Gasteiger partial charge in [-0.3, -0.25) is 0 Å². The zero-order valence-electron chi connectivity index (χ0n) is 11.6. The van der Waals surface area contributed by atoms with Crippen LogP contribution < -0.4 is 10.6 Å². The van der Waals surface area contributed by atoms with Crippen molar-refractivity contribution in [3.63, 3.8) is 0 Å². The fraction of sp³-hybridized carbons (Fsp3) is 0.429. The molecule has 0 saturated carbocycles. The van der Waals surface area contributed by atoms with E-state index in [2.05, 4.69) is 33.5 Å². The van der Waals surface area contributed by atoms with Gasteiger partial charge in [-0.1, -0.05) is 15.9 Å². The number of halogens is 1. The van der Waals surface area contributed by atoms with E-state index < -0.39 is 5.97 Å². The number of anilines is 1. The summed E-state index contributed by atoms with van der Waals surface area (Å²) in [5.74, 6) is 0.0419. The highest BCUT2D eigenvalue weighted by atomic mass is 79.9. The van der Waals surface area contributed by atoms with E-state index in [9.17, 15) is 9.59 Å². The van der Waals surface area contributed by atoms with Crippen molar-refractivity contribution < 1.29 is 14.7 Å². The van der Waals surface area contributed by atoms with E-state index in [0.717, 1.165) is 12.2 Å². The number of rotatable bonds is 4. The highest BCUT2D eigenvalue weighted by Crippen LogP contribution is 2.36. The van der Waals surface area contributed by atoms with E-state index in [1.165, 1.54) is 12.5 Å². The van der Waals surface area contributed by atoms with Gasteiger partial charge >= 0.3 is 12.0 Å². The minimum Gasteiger partial charge on any atom is -0.478 e. The summed E-state index contributed by atoms with van der Waals surface area (Å²) in [6.45, 7) is 2.70. The topological polar surface area (TPSA) is 78.4 Å². The molecule has 1 saturated heterocycles. The summed E-state index contributed by atoms with van der Waals surface area (Å²) in [4.78, 5) is 23.1. The Bertz CT molecular complexity index is 559. The molecule has 2 rings (SSSR count). The first-order chi connectivity index (χ1) is 9.89. The lowest BCUT2D eigenvalue weighted by atomic mass is 10.1. The fourth-order valence-electron chi connectivity index (χ4n) is 2.21. The van der Waals surface area contributed by atoms with Crippen molar-refractivity contribution >= 4 is 45.4 Å². The molecule has 1 aliphatic rings. The van der Waals surface area contributed by atoms with Crippen molar-refractivity contribution in [3.8, 4) is 0 Å². The molecular formula is C14H17BrN2O3S. The standard InChI is InChI=1S/C14H17BrN2O3S/c1-14(5-2-6-21-14)8-16-13(20)17-11-4-3-9(15)7-10(11)12(18)19/h3-4,7H,2,5-6,8H2,1H3,(H,18,19)(H2,16,17,20). The van der Waals surface area contributed by atoms with E-state index in [-0.39, 0.29) is 22.0 Å². The van der Waals surface area contributed by atoms with Crippen LogP contribution in [-0.4, -0.2) is 34.2 Å². The predicted octanol–water partition coefficient (Wildman–Crippen LogP) is 3.55. The number of carboxylic acids is 1. The number of hydrogen-bond donors (Lipinski definition) is 3. The Balaban J connectivity index is 1.98. The summed E-state index contributed by atoms with van der Waals surface area (Å²) >= 11 is 5.08. The molecule has 1 aromatic rings. The van der Waals surface area contributed by atoms with Crippen LogP contribution in [0, 0.1) is 0 Å². The quantitative estimate of drug-likeness (QED) is 0.754. The van der Waals surface area contributed by atoms with Gasteiger partial charge in [0.1, 0.15) is 0 Å². The first-order valence-electron chi connectivity index (χ1n) is 6.61. The molecule has 1 aliphatic heterocycles. The van der Waals surface area contributed by atoms with Crippen LogP contribution in [0.4, 0.5) is 10.5 Å². The lowest BCUT2D eigenvalue weighted by Crippen LogP contribution is -2.39. The molecule has 1 atom stereocenters. The number of aromatic carboxylic acids is 1. The normalized spacial score (nSPS) is 21.0. The molecule has 2 amide bonds. The Morgan fingerprint density at radius 3 is 2.86 bits per heavy atom. The number of benzene rings is 1. The van der Waals surface area contributed by atoms with E-state index in [0.29, 0.717) is 11.0 Å². The van der Waals surface area contributed by atoms with Gasteiger partial charge in [-0.15, -0.1) is 0 Å². The lowest BCUT2D eigenvalue weighted by molar-refractivity contribution is 0.0698. The summed E-state index contributed by atoms with van der Waals surface area (Å²) in [5.41, 5.74) is 0.341. The largest absolute Gasteiger partial charge is 0.478 e. The second-order valence-corrected chi connectivity index (χ2v) is 7.80. The van der Waals surface area contributed by atoms with Gasteiger partial charge in [-0.2, -0.15) is 11.8 Å². The molecule has 0 bridgehead atoms. The molecule has 5 nitrogen and oxygen atoms in total. The zero-order valence-corrected chi connectivity index (χ0v) is 14.0. The van der Waals surface area contributed by atoms with Crippen molar-refractivity contribution in [3.05, 3.63) is 28.2 Å². The third-order valence-electron chi connectivity index (χ3n) is 3.38. The SMILES string of the molecule is CC1(CNC(=O)Nc2ccc(Br)cc2C(=O)O)CCCS1. The molecule has 0 aromatic heterocycles. The molecule has 7 heteroatoms. The van der Waals surface area contributed by atoms with Gasteiger partial charge < -0.3 is 15.7 Å². The molecule has 1 unspecified atom stereocenters. The van der Waals surface area contributed by atoms with Crippen LogP contribution in [0.3, 0.4) is 0 Å². The number of hydrogen-bond acceptors (Lipinski definition) is 3. The van der Waals surface area contributed by atoms with Gasteiger partial charge in [-0.05, 0) is 43.7 Å². The summed E-state index contributed by atoms with van der Waals surface area (Å²) in [7, 11) is 0. The average Bonchev–Trinajstić information content (AvgIpc) is 2.86. The summed E-state index contributed by atoms with van der Waals surface area (Å²) in [6, 6.07) is 4.34. The molecule has 114 valence electrons. The fourth-order valence-corrected chi connectivity index (χ4v) is 3.82. The number of nitrogens with one attached hydrogen (secondary N) is 2. The van der Waals surface area contributed by atoms with Crippen molar-refractivity contribution in [2.45, 2.75) is 24.5 Å². The van der Waals surface area contributed by atoms with Crippen LogP contribution in [0.25, 0.3) is 0 Å². The van der Waals surface area contributed by atoms with Crippen molar-refractivity contribution in [1.29, 1.82) is 0 Å². The molecule has 1 aromatic carbocycles. The molecule has 0 spiro atoms. The molecule has 1 fully saturated rings. The van der Waals surface area contributed by atoms with Gasteiger partial charge in [0.2, 0.25) is 0 Å². The monoisotopic (exact) mass is 372 g/mol. The number of thioether (sulfide) groups is 1. The van der Waals surface area contributed by atoms with Crippen molar-refractivity contribution in [1.82, 2.24) is 5.32 Å². The van der Waals surface area contributed by atoms with Gasteiger partial charge in [0.15, 0.2) is 0 Å². The van der Waals surface area contributed by atoms with E-state index in [1.807, 2.05) is 11.8 Å². The molecule has 21 heavy (non-hydrogen) atoms. The summed E-state index contributed by atoms with van der Waals surface area (Å²) in [6.07, 6.45) is 2.25. The van der Waals surface area contributed by atoms with E-state index in [4.69, 9.17) is 5.11 Å². The van der Waals surface area contributed by atoms with Crippen molar-refractivity contribution in [2.24, 2.45) is 0 Å². The van der Waals surface area contributed by atoms with Gasteiger partial charge in [-0.25, -0.2) is 9.59 Å². The number of carbonyl (C=O) groups excluding carboxylic acids is 1. The Hall–Kier alpha value is -1.21. The van der Waals surface area contributed by atoms with E-state index in [1.54, 1.807) is 12.1 Å². The first kappa shape index (κ1) is 16.2. The molecule has 1 heterocycles. The lowest BCUT2D eigenvalue weighted by Gasteiger charge is -2.23. The number of urea groups is 1. The third kappa shape index (κ3) is 4.38. The Labute approximate surface area is 136 Å². The van der Waals surface area contributed by atoms with Crippen LogP contribution in [0.2, 0.25) is 0 Å². The maximum Gasteiger partial charge on any atom is 0.337 e. The highest BCUT2D eigenvalue weighted by molar-refractivity contribution is 9.10. The first-order valence-corrected chi connectivity index (χ1v) is 8.39. The average molecular weight is 373 g/mol. The molecular weight excluding hydrogens is 356 g/mol. The number of carboxylic acid groups (broad SMARTS) is 1.